The van der Waals surface area contributed by atoms with E-state index in [0.29, 0.717) is 22.7 Å². The predicted octanol–water partition coefficient (Wildman–Crippen LogP) is 6.64. The highest BCUT2D eigenvalue weighted by Crippen LogP contribution is 2.38. The number of aldehydes is 1. The Balaban J connectivity index is 2.30. The fourth-order valence-electron chi connectivity index (χ4n) is 3.52. The Bertz CT molecular complexity index is 1180. The maximum atomic E-state index is 13.7. The number of carbonyl (C=O) groups excluding carboxylic acids is 1. The van der Waals surface area contributed by atoms with E-state index in [1.807, 2.05) is 43.3 Å². The molecule has 31 heavy (non-hydrogen) atoms. The number of allylic oxidation sites excluding steroid dienone is 2. The predicted molar refractivity (Wildman–Crippen MR) is 128 cm³/mol. The lowest BCUT2D eigenvalue weighted by atomic mass is 9.87. The summed E-state index contributed by atoms with van der Waals surface area (Å²) in [5.41, 5.74) is 12.4. The molecule has 0 aliphatic carbocycles. The maximum Gasteiger partial charge on any atom is 0.142 e. The highest BCUT2D eigenvalue weighted by atomic mass is 35.5. The van der Waals surface area contributed by atoms with Crippen LogP contribution < -0.4 is 5.73 Å². The minimum Gasteiger partial charge on any atom is -0.398 e. The second-order valence-corrected chi connectivity index (χ2v) is 7.34. The minimum absolute atomic E-state index is 0.336. The summed E-state index contributed by atoms with van der Waals surface area (Å²) in [6, 6.07) is 17.7. The van der Waals surface area contributed by atoms with E-state index in [2.05, 4.69) is 0 Å². The lowest BCUT2D eigenvalue weighted by Gasteiger charge is -2.18. The fourth-order valence-corrected chi connectivity index (χ4v) is 3.80. The second kappa shape index (κ2) is 10.0. The molecule has 156 valence electrons. The third-order valence-electron chi connectivity index (χ3n) is 5.01. The number of carbonyl (C=O) groups is 1. The molecular weight excluding hydrogens is 411 g/mol. The van der Waals surface area contributed by atoms with Crippen LogP contribution in [0.5, 0.6) is 0 Å². The van der Waals surface area contributed by atoms with Crippen LogP contribution >= 0.6 is 11.6 Å². The number of anilines is 1. The first-order valence-electron chi connectivity index (χ1n) is 9.79. The summed E-state index contributed by atoms with van der Waals surface area (Å²) in [5.74, 6) is -0.393. The summed E-state index contributed by atoms with van der Waals surface area (Å²) in [5, 5.41) is 8.01. The molecule has 0 atom stereocenters. The van der Waals surface area contributed by atoms with Crippen LogP contribution in [-0.4, -0.2) is 12.5 Å². The Hall–Kier alpha value is -3.50. The van der Waals surface area contributed by atoms with Gasteiger partial charge in [-0.05, 0) is 70.2 Å². The van der Waals surface area contributed by atoms with Crippen molar-refractivity contribution in [3.63, 3.8) is 0 Å². The van der Waals surface area contributed by atoms with Crippen molar-refractivity contribution in [1.29, 1.82) is 5.41 Å². The zero-order chi connectivity index (χ0) is 22.4. The van der Waals surface area contributed by atoms with Crippen molar-refractivity contribution in [1.82, 2.24) is 0 Å². The molecule has 0 amide bonds. The molecule has 0 aliphatic rings. The SMILES string of the molecule is CC/C(=C(/c1ccc(/C=C/C=O)cc1)c1ccc(N)c(C=N)c1)c1ccc(F)cc1Cl. The van der Waals surface area contributed by atoms with Gasteiger partial charge in [-0.1, -0.05) is 61.0 Å². The molecule has 0 heterocycles. The van der Waals surface area contributed by atoms with Gasteiger partial charge in [-0.3, -0.25) is 4.79 Å². The van der Waals surface area contributed by atoms with Gasteiger partial charge in [-0.25, -0.2) is 4.39 Å². The topological polar surface area (TPSA) is 66.9 Å². The Labute approximate surface area is 186 Å². The van der Waals surface area contributed by atoms with Crippen LogP contribution in [0.4, 0.5) is 10.1 Å². The smallest absolute Gasteiger partial charge is 0.142 e. The highest BCUT2D eigenvalue weighted by molar-refractivity contribution is 6.32. The van der Waals surface area contributed by atoms with E-state index >= 15 is 0 Å². The van der Waals surface area contributed by atoms with Gasteiger partial charge >= 0.3 is 0 Å². The average Bonchev–Trinajstić information content (AvgIpc) is 2.78. The van der Waals surface area contributed by atoms with Crippen LogP contribution in [0.15, 0.2) is 66.7 Å². The number of rotatable bonds is 7. The molecule has 0 aromatic heterocycles. The first-order valence-corrected chi connectivity index (χ1v) is 10.2. The van der Waals surface area contributed by atoms with Crippen LogP contribution in [0.2, 0.25) is 5.02 Å². The monoisotopic (exact) mass is 432 g/mol. The molecule has 5 heteroatoms. The molecule has 3 nitrogen and oxygen atoms in total. The van der Waals surface area contributed by atoms with Crippen LogP contribution in [-0.2, 0) is 4.79 Å². The zero-order valence-corrected chi connectivity index (χ0v) is 17.8. The summed E-state index contributed by atoms with van der Waals surface area (Å²) in [6.07, 6.45) is 5.78. The summed E-state index contributed by atoms with van der Waals surface area (Å²) < 4.78 is 13.7. The minimum atomic E-state index is -0.393. The van der Waals surface area contributed by atoms with Crippen LogP contribution in [0, 0.1) is 11.2 Å². The second-order valence-electron chi connectivity index (χ2n) is 6.94. The molecule has 3 aromatic carbocycles. The molecule has 0 saturated heterocycles. The molecule has 0 spiro atoms. The maximum absolute atomic E-state index is 13.7. The Morgan fingerprint density at radius 1 is 1.06 bits per heavy atom. The first kappa shape index (κ1) is 22.2. The van der Waals surface area contributed by atoms with Gasteiger partial charge in [-0.15, -0.1) is 0 Å². The molecular formula is C26H22ClFN2O. The number of benzene rings is 3. The van der Waals surface area contributed by atoms with E-state index < -0.39 is 5.82 Å². The van der Waals surface area contributed by atoms with E-state index in [-0.39, 0.29) is 0 Å². The van der Waals surface area contributed by atoms with Crippen molar-refractivity contribution in [2.24, 2.45) is 0 Å². The van der Waals surface area contributed by atoms with Gasteiger partial charge in [0.2, 0.25) is 0 Å². The van der Waals surface area contributed by atoms with Crippen molar-refractivity contribution in [2.45, 2.75) is 13.3 Å². The Kier molecular flexibility index (Phi) is 7.16. The Morgan fingerprint density at radius 2 is 1.77 bits per heavy atom. The number of hydrogen-bond donors (Lipinski definition) is 2. The van der Waals surface area contributed by atoms with Gasteiger partial charge in [0.15, 0.2) is 0 Å². The quantitative estimate of drug-likeness (QED) is 0.144. The summed E-state index contributed by atoms with van der Waals surface area (Å²) in [7, 11) is 0. The van der Waals surface area contributed by atoms with Gasteiger partial charge in [0.05, 0.1) is 5.02 Å². The molecule has 3 rings (SSSR count). The van der Waals surface area contributed by atoms with E-state index in [1.54, 1.807) is 18.2 Å². The lowest BCUT2D eigenvalue weighted by molar-refractivity contribution is -0.104. The van der Waals surface area contributed by atoms with Gasteiger partial charge in [0.1, 0.15) is 12.1 Å². The molecule has 0 bridgehead atoms. The zero-order valence-electron chi connectivity index (χ0n) is 17.0. The van der Waals surface area contributed by atoms with E-state index in [4.69, 9.17) is 22.7 Å². The summed E-state index contributed by atoms with van der Waals surface area (Å²) in [4.78, 5) is 10.6. The molecule has 0 saturated carbocycles. The molecule has 3 N–H and O–H groups in total. The highest BCUT2D eigenvalue weighted by Gasteiger charge is 2.16. The van der Waals surface area contributed by atoms with Crippen molar-refractivity contribution in [2.75, 3.05) is 5.73 Å². The summed E-state index contributed by atoms with van der Waals surface area (Å²) >= 11 is 6.42. The van der Waals surface area contributed by atoms with Crippen molar-refractivity contribution >= 4 is 47.0 Å². The largest absolute Gasteiger partial charge is 0.398 e. The molecule has 0 aliphatic heterocycles. The van der Waals surface area contributed by atoms with E-state index in [1.165, 1.54) is 24.4 Å². The third kappa shape index (κ3) is 4.98. The van der Waals surface area contributed by atoms with Gasteiger partial charge in [0.25, 0.3) is 0 Å². The van der Waals surface area contributed by atoms with E-state index in [0.717, 1.165) is 39.7 Å². The van der Waals surface area contributed by atoms with Crippen LogP contribution in [0.3, 0.4) is 0 Å². The molecule has 0 fully saturated rings. The Morgan fingerprint density at radius 3 is 2.39 bits per heavy atom. The van der Waals surface area contributed by atoms with Gasteiger partial charge < -0.3 is 11.1 Å². The lowest BCUT2D eigenvalue weighted by Crippen LogP contribution is -1.99. The number of halogens is 2. The number of nitrogen functional groups attached to an aromatic ring is 1. The van der Waals surface area contributed by atoms with E-state index in [9.17, 15) is 9.18 Å². The number of hydrogen-bond acceptors (Lipinski definition) is 3. The van der Waals surface area contributed by atoms with Gasteiger partial charge in [0, 0.05) is 17.5 Å². The van der Waals surface area contributed by atoms with Crippen molar-refractivity contribution in [3.8, 4) is 0 Å². The van der Waals surface area contributed by atoms with Gasteiger partial charge in [-0.2, -0.15) is 0 Å². The molecule has 0 unspecified atom stereocenters. The average molecular weight is 433 g/mol. The van der Waals surface area contributed by atoms with Crippen molar-refractivity contribution < 1.29 is 9.18 Å². The molecule has 0 radical (unpaired) electrons. The fraction of sp³-hybridized carbons (Fsp3) is 0.0769. The standard InChI is InChI=1S/C26H22ClFN2O/c1-2-22(23-11-10-21(28)15-24(23)27)26(19-9-12-25(30)20(14-19)16-29)18-7-5-17(6-8-18)4-3-13-31/h3-16,29H,2,30H2,1H3/b4-3+,26-22+,29-16?. The van der Waals surface area contributed by atoms with Crippen molar-refractivity contribution in [3.05, 3.63) is 105 Å². The number of nitrogens with two attached hydrogens (primary N) is 1. The number of nitrogens with one attached hydrogen (secondary N) is 1. The third-order valence-corrected chi connectivity index (χ3v) is 5.32. The normalized spacial score (nSPS) is 12.0. The molecule has 3 aromatic rings. The van der Waals surface area contributed by atoms with Crippen LogP contribution in [0.1, 0.15) is 41.2 Å². The van der Waals surface area contributed by atoms with Crippen LogP contribution in [0.25, 0.3) is 17.2 Å². The first-order chi connectivity index (χ1) is 15.0. The summed E-state index contributed by atoms with van der Waals surface area (Å²) in [6.45, 7) is 2.02.